The highest BCUT2D eigenvalue weighted by Crippen LogP contribution is 2.29. The summed E-state index contributed by atoms with van der Waals surface area (Å²) in [7, 11) is 1.65. The molecule has 0 aliphatic carbocycles. The second-order valence-electron chi connectivity index (χ2n) is 6.80. The van der Waals surface area contributed by atoms with Gasteiger partial charge in [0.2, 0.25) is 0 Å². The maximum atomic E-state index is 12.8. The van der Waals surface area contributed by atoms with Crippen LogP contribution in [0.1, 0.15) is 29.9 Å². The SMILES string of the molecule is CC(C)Nc1cc(C(=O)N[C@H]2COc3ccccc3N(C)C2=O)ncc1C=N. The van der Waals surface area contributed by atoms with Gasteiger partial charge in [0.05, 0.1) is 5.69 Å². The first-order chi connectivity index (χ1) is 13.4. The van der Waals surface area contributed by atoms with Crippen molar-refractivity contribution in [3.05, 3.63) is 47.8 Å². The number of likely N-dealkylation sites (N-methyl/N-ethyl adjacent to an activating group) is 1. The lowest BCUT2D eigenvalue weighted by Crippen LogP contribution is -2.49. The third kappa shape index (κ3) is 3.95. The molecule has 2 heterocycles. The molecule has 1 aliphatic heterocycles. The number of ether oxygens (including phenoxy) is 1. The molecule has 0 saturated heterocycles. The Hall–Kier alpha value is -3.42. The van der Waals surface area contributed by atoms with Crippen LogP contribution in [0.4, 0.5) is 11.4 Å². The fraction of sp³-hybridized carbons (Fsp3) is 0.300. The maximum absolute atomic E-state index is 12.8. The normalized spacial score (nSPS) is 16.1. The van der Waals surface area contributed by atoms with Crippen LogP contribution in [-0.2, 0) is 4.79 Å². The number of nitrogens with zero attached hydrogens (tertiary/aromatic N) is 2. The molecule has 1 aromatic heterocycles. The van der Waals surface area contributed by atoms with Gasteiger partial charge in [-0.15, -0.1) is 0 Å². The number of carbonyl (C=O) groups is 2. The zero-order chi connectivity index (χ0) is 20.3. The highest BCUT2D eigenvalue weighted by atomic mass is 16.5. The highest BCUT2D eigenvalue weighted by Gasteiger charge is 2.30. The Labute approximate surface area is 163 Å². The summed E-state index contributed by atoms with van der Waals surface area (Å²) in [5, 5.41) is 13.4. The van der Waals surface area contributed by atoms with Crippen molar-refractivity contribution in [3.8, 4) is 5.75 Å². The number of fused-ring (bicyclic) bond motifs is 1. The summed E-state index contributed by atoms with van der Waals surface area (Å²) < 4.78 is 5.71. The Morgan fingerprint density at radius 3 is 2.86 bits per heavy atom. The first-order valence-electron chi connectivity index (χ1n) is 8.98. The molecule has 1 aromatic carbocycles. The molecule has 0 fully saturated rings. The minimum absolute atomic E-state index is 0.0294. The van der Waals surface area contributed by atoms with Gasteiger partial charge in [-0.05, 0) is 32.0 Å². The van der Waals surface area contributed by atoms with E-state index in [0.29, 0.717) is 22.7 Å². The summed E-state index contributed by atoms with van der Waals surface area (Å²) in [5.41, 5.74) is 2.03. The predicted molar refractivity (Wildman–Crippen MR) is 107 cm³/mol. The number of benzene rings is 1. The molecule has 0 bridgehead atoms. The van der Waals surface area contributed by atoms with Gasteiger partial charge in [0.15, 0.2) is 0 Å². The van der Waals surface area contributed by atoms with Gasteiger partial charge in [0.1, 0.15) is 24.1 Å². The molecule has 0 saturated carbocycles. The smallest absolute Gasteiger partial charge is 0.270 e. The average molecular weight is 381 g/mol. The number of hydrogen-bond acceptors (Lipinski definition) is 6. The van der Waals surface area contributed by atoms with Gasteiger partial charge in [-0.25, -0.2) is 0 Å². The number of para-hydroxylation sites is 2. The largest absolute Gasteiger partial charge is 0.489 e. The number of amides is 2. The topological polar surface area (TPSA) is 107 Å². The van der Waals surface area contributed by atoms with Crippen molar-refractivity contribution in [2.24, 2.45) is 0 Å². The van der Waals surface area contributed by atoms with Crippen LogP contribution in [0.5, 0.6) is 5.75 Å². The molecule has 1 atom stereocenters. The summed E-state index contributed by atoms with van der Waals surface area (Å²) in [5.74, 6) is -0.161. The van der Waals surface area contributed by atoms with Crippen molar-refractivity contribution < 1.29 is 14.3 Å². The third-order valence-electron chi connectivity index (χ3n) is 4.33. The Morgan fingerprint density at radius 2 is 2.14 bits per heavy atom. The zero-order valence-corrected chi connectivity index (χ0v) is 16.0. The monoisotopic (exact) mass is 381 g/mol. The summed E-state index contributed by atoms with van der Waals surface area (Å²) in [6, 6.07) is 8.09. The molecule has 8 nitrogen and oxygen atoms in total. The van der Waals surface area contributed by atoms with E-state index in [-0.39, 0.29) is 24.2 Å². The van der Waals surface area contributed by atoms with E-state index in [1.54, 1.807) is 25.2 Å². The quantitative estimate of drug-likeness (QED) is 0.687. The second kappa shape index (κ2) is 8.08. The minimum atomic E-state index is -0.837. The molecule has 2 amide bonds. The number of carbonyl (C=O) groups excluding carboxylic acids is 2. The first kappa shape index (κ1) is 19.3. The maximum Gasteiger partial charge on any atom is 0.270 e. The minimum Gasteiger partial charge on any atom is -0.489 e. The van der Waals surface area contributed by atoms with Crippen molar-refractivity contribution >= 4 is 29.4 Å². The Morgan fingerprint density at radius 1 is 1.39 bits per heavy atom. The molecule has 3 N–H and O–H groups in total. The van der Waals surface area contributed by atoms with Gasteiger partial charge in [0, 0.05) is 36.8 Å². The molecular formula is C20H23N5O3. The zero-order valence-electron chi connectivity index (χ0n) is 16.0. The van der Waals surface area contributed by atoms with Crippen molar-refractivity contribution in [3.63, 3.8) is 0 Å². The molecule has 146 valence electrons. The lowest BCUT2D eigenvalue weighted by Gasteiger charge is -2.20. The molecule has 0 spiro atoms. The second-order valence-corrected chi connectivity index (χ2v) is 6.80. The van der Waals surface area contributed by atoms with Gasteiger partial charge < -0.3 is 25.7 Å². The van der Waals surface area contributed by atoms with Crippen LogP contribution in [0, 0.1) is 5.41 Å². The fourth-order valence-corrected chi connectivity index (χ4v) is 2.93. The van der Waals surface area contributed by atoms with Gasteiger partial charge in [-0.2, -0.15) is 0 Å². The van der Waals surface area contributed by atoms with E-state index in [0.717, 1.165) is 0 Å². The van der Waals surface area contributed by atoms with E-state index in [2.05, 4.69) is 15.6 Å². The Bertz CT molecular complexity index is 912. The molecule has 1 aliphatic rings. The molecule has 0 radical (unpaired) electrons. The van der Waals surface area contributed by atoms with Gasteiger partial charge >= 0.3 is 0 Å². The predicted octanol–water partition coefficient (Wildman–Crippen LogP) is 2.05. The molecular weight excluding hydrogens is 358 g/mol. The van der Waals surface area contributed by atoms with Crippen LogP contribution in [0.25, 0.3) is 0 Å². The van der Waals surface area contributed by atoms with Gasteiger partial charge in [0.25, 0.3) is 11.8 Å². The summed E-state index contributed by atoms with van der Waals surface area (Å²) >= 11 is 0. The van der Waals surface area contributed by atoms with Crippen LogP contribution in [-0.4, -0.2) is 48.8 Å². The fourth-order valence-electron chi connectivity index (χ4n) is 2.93. The van der Waals surface area contributed by atoms with Crippen LogP contribution in [0.3, 0.4) is 0 Å². The van der Waals surface area contributed by atoms with Crippen LogP contribution in [0.15, 0.2) is 36.5 Å². The van der Waals surface area contributed by atoms with E-state index < -0.39 is 11.9 Å². The number of rotatable bonds is 5. The van der Waals surface area contributed by atoms with Crippen molar-refractivity contribution in [2.75, 3.05) is 23.9 Å². The van der Waals surface area contributed by atoms with Gasteiger partial charge in [-0.1, -0.05) is 12.1 Å². The van der Waals surface area contributed by atoms with Crippen molar-refractivity contribution in [2.45, 2.75) is 25.9 Å². The number of nitrogens with one attached hydrogen (secondary N) is 3. The highest BCUT2D eigenvalue weighted by molar-refractivity contribution is 6.03. The lowest BCUT2D eigenvalue weighted by molar-refractivity contribution is -0.120. The van der Waals surface area contributed by atoms with Crippen LogP contribution >= 0.6 is 0 Å². The van der Waals surface area contributed by atoms with Crippen molar-refractivity contribution in [1.82, 2.24) is 10.3 Å². The Balaban J connectivity index is 1.79. The standard InChI is InChI=1S/C20H23N5O3/c1-12(2)23-14-8-15(22-10-13(14)9-21)19(26)24-16-11-28-18-7-5-4-6-17(18)25(3)20(16)27/h4-10,12,16,21H,11H2,1-3H3,(H,22,23)(H,24,26)/t16-/m0/s1. The molecule has 0 unspecified atom stereocenters. The van der Waals surface area contributed by atoms with Crippen LogP contribution < -0.4 is 20.3 Å². The van der Waals surface area contributed by atoms with E-state index in [9.17, 15) is 9.59 Å². The number of aromatic nitrogens is 1. The van der Waals surface area contributed by atoms with E-state index in [1.165, 1.54) is 17.3 Å². The van der Waals surface area contributed by atoms with Crippen molar-refractivity contribution in [1.29, 1.82) is 5.41 Å². The third-order valence-corrected chi connectivity index (χ3v) is 4.33. The molecule has 3 rings (SSSR count). The van der Waals surface area contributed by atoms with E-state index >= 15 is 0 Å². The van der Waals surface area contributed by atoms with Gasteiger partial charge in [-0.3, -0.25) is 14.6 Å². The summed E-state index contributed by atoms with van der Waals surface area (Å²) in [4.78, 5) is 31.1. The molecule has 2 aromatic rings. The number of pyridine rings is 1. The number of anilines is 2. The first-order valence-corrected chi connectivity index (χ1v) is 8.98. The Kier molecular flexibility index (Phi) is 5.58. The summed E-state index contributed by atoms with van der Waals surface area (Å²) in [6.07, 6.45) is 2.63. The van der Waals surface area contributed by atoms with E-state index in [1.807, 2.05) is 26.0 Å². The average Bonchev–Trinajstić information content (AvgIpc) is 2.80. The lowest BCUT2D eigenvalue weighted by atomic mass is 10.2. The van der Waals surface area contributed by atoms with E-state index in [4.69, 9.17) is 10.1 Å². The number of hydrogen-bond donors (Lipinski definition) is 3. The van der Waals surface area contributed by atoms with Crippen LogP contribution in [0.2, 0.25) is 0 Å². The summed E-state index contributed by atoms with van der Waals surface area (Å²) in [6.45, 7) is 3.95. The molecule has 8 heteroatoms. The molecule has 28 heavy (non-hydrogen) atoms.